The zero-order valence-electron chi connectivity index (χ0n) is 11.3. The molecular weight excluding hydrogens is 238 g/mol. The van der Waals surface area contributed by atoms with Gasteiger partial charge in [0.25, 0.3) is 0 Å². The highest BCUT2D eigenvalue weighted by Crippen LogP contribution is 2.14. The number of carboxylic acids is 1. The molecule has 0 aliphatic rings. The van der Waals surface area contributed by atoms with E-state index in [0.717, 1.165) is 6.08 Å². The van der Waals surface area contributed by atoms with Gasteiger partial charge in [-0.3, -0.25) is 0 Å². The second kappa shape index (κ2) is 13.9. The minimum Gasteiger partial charge on any atom is -0.478 e. The molecule has 0 aromatic carbocycles. The smallest absolute Gasteiger partial charge is 0.327 e. The minimum absolute atomic E-state index is 0.274. The summed E-state index contributed by atoms with van der Waals surface area (Å²) in [6, 6.07) is 0. The van der Waals surface area contributed by atoms with Gasteiger partial charge in [-0.2, -0.15) is 0 Å². The third kappa shape index (κ3) is 17.2. The molecule has 0 saturated heterocycles. The van der Waals surface area contributed by atoms with Crippen LogP contribution in [0.2, 0.25) is 0 Å². The van der Waals surface area contributed by atoms with Gasteiger partial charge in [-0.15, -0.1) is 6.58 Å². The van der Waals surface area contributed by atoms with Gasteiger partial charge in [0.05, 0.1) is 25.2 Å². The number of aliphatic hydroxyl groups excluding tert-OH is 3. The van der Waals surface area contributed by atoms with E-state index < -0.39 is 11.4 Å². The average molecular weight is 263 g/mol. The summed E-state index contributed by atoms with van der Waals surface area (Å²) in [5.74, 6) is -0.981. The van der Waals surface area contributed by atoms with E-state index in [1.165, 1.54) is 6.08 Å². The van der Waals surface area contributed by atoms with Gasteiger partial charge in [-0.05, 0) is 21.1 Å². The van der Waals surface area contributed by atoms with Gasteiger partial charge in [-0.1, -0.05) is 12.7 Å². The number of carbonyl (C=O) groups is 1. The lowest BCUT2D eigenvalue weighted by Gasteiger charge is -2.21. The van der Waals surface area contributed by atoms with Crippen LogP contribution in [0.5, 0.6) is 0 Å². The largest absolute Gasteiger partial charge is 0.478 e. The first kappa shape index (κ1) is 22.0. The number of hydrogen-bond acceptors (Lipinski definition) is 5. The van der Waals surface area contributed by atoms with Crippen LogP contribution >= 0.6 is 0 Å². The molecule has 0 spiro atoms. The zero-order chi connectivity index (χ0) is 15.2. The Bertz CT molecular complexity index is 213. The maximum absolute atomic E-state index is 9.25. The van der Waals surface area contributed by atoms with Crippen LogP contribution in [0.3, 0.4) is 0 Å². The monoisotopic (exact) mass is 263 g/mol. The number of nitrogens with zero attached hydrogens (tertiary/aromatic N) is 1. The molecule has 0 aliphatic heterocycles. The summed E-state index contributed by atoms with van der Waals surface area (Å²) in [7, 11) is 6.00. The average Bonchev–Trinajstić information content (AvgIpc) is 2.33. The van der Waals surface area contributed by atoms with Crippen molar-refractivity contribution in [3.05, 3.63) is 25.3 Å². The number of aliphatic carboxylic acids is 1. The molecule has 0 heterocycles. The highest BCUT2D eigenvalue weighted by Gasteiger charge is 2.22. The van der Waals surface area contributed by atoms with Gasteiger partial charge in [-0.25, -0.2) is 4.79 Å². The van der Waals surface area contributed by atoms with Crippen molar-refractivity contribution in [3.63, 3.8) is 0 Å². The van der Waals surface area contributed by atoms with Crippen LogP contribution < -0.4 is 0 Å². The molecule has 0 aliphatic carbocycles. The van der Waals surface area contributed by atoms with Gasteiger partial charge in [0.1, 0.15) is 0 Å². The first-order valence-electron chi connectivity index (χ1n) is 5.17. The Balaban J connectivity index is -0.000000212. The van der Waals surface area contributed by atoms with Crippen LogP contribution in [-0.4, -0.2) is 72.3 Å². The summed E-state index contributed by atoms with van der Waals surface area (Å²) < 4.78 is 0. The van der Waals surface area contributed by atoms with E-state index in [1.54, 1.807) is 0 Å². The predicted molar refractivity (Wildman–Crippen MR) is 71.3 cm³/mol. The van der Waals surface area contributed by atoms with E-state index in [-0.39, 0.29) is 19.8 Å². The Hall–Kier alpha value is -1.21. The van der Waals surface area contributed by atoms with E-state index in [2.05, 4.69) is 13.2 Å². The van der Waals surface area contributed by atoms with Gasteiger partial charge in [0.2, 0.25) is 0 Å². The zero-order valence-corrected chi connectivity index (χ0v) is 11.3. The summed E-state index contributed by atoms with van der Waals surface area (Å²) in [5.41, 5.74) is -0.903. The first-order valence-corrected chi connectivity index (χ1v) is 5.17. The maximum Gasteiger partial charge on any atom is 0.327 e. The molecule has 0 saturated carbocycles. The molecule has 4 N–H and O–H groups in total. The quantitative estimate of drug-likeness (QED) is 0.397. The van der Waals surface area contributed by atoms with E-state index >= 15 is 0 Å². The van der Waals surface area contributed by atoms with Crippen molar-refractivity contribution in [1.82, 2.24) is 4.90 Å². The molecule has 0 radical (unpaired) electrons. The summed E-state index contributed by atoms with van der Waals surface area (Å²) in [6.07, 6.45) is 2.19. The van der Waals surface area contributed by atoms with E-state index in [9.17, 15) is 4.79 Å². The summed E-state index contributed by atoms with van der Waals surface area (Å²) in [6.45, 7) is 5.50. The summed E-state index contributed by atoms with van der Waals surface area (Å²) in [4.78, 5) is 11.2. The number of aliphatic hydroxyl groups is 3. The standard InChI is InChI=1S/C6H12O3.C3H9N.C3H4O2/c1-2-6(3-7,4-8)5-9;1-4(2)3;1-2-3(4)5/h2,7-9H,1,3-5H2;1-3H3;2H,1H2,(H,4,5). The second-order valence-electron chi connectivity index (χ2n) is 3.92. The molecule has 0 amide bonds. The number of carboxylic acid groups (broad SMARTS) is 1. The summed E-state index contributed by atoms with van der Waals surface area (Å²) in [5, 5.41) is 33.4. The van der Waals surface area contributed by atoms with Crippen LogP contribution in [0, 0.1) is 5.41 Å². The van der Waals surface area contributed by atoms with Gasteiger partial charge >= 0.3 is 5.97 Å². The lowest BCUT2D eigenvalue weighted by Crippen LogP contribution is -2.31. The molecule has 0 aromatic heterocycles. The third-order valence-electron chi connectivity index (χ3n) is 1.55. The highest BCUT2D eigenvalue weighted by atomic mass is 16.4. The molecule has 0 fully saturated rings. The van der Waals surface area contributed by atoms with Crippen molar-refractivity contribution in [1.29, 1.82) is 0 Å². The fourth-order valence-electron chi connectivity index (χ4n) is 0.344. The van der Waals surface area contributed by atoms with Crippen molar-refractivity contribution in [2.75, 3.05) is 41.0 Å². The Morgan fingerprint density at radius 2 is 1.33 bits per heavy atom. The van der Waals surface area contributed by atoms with Gasteiger partial charge < -0.3 is 25.3 Å². The van der Waals surface area contributed by atoms with Crippen LogP contribution in [0.4, 0.5) is 0 Å². The maximum atomic E-state index is 9.25. The molecule has 6 heteroatoms. The van der Waals surface area contributed by atoms with Crippen LogP contribution in [0.15, 0.2) is 25.3 Å². The topological polar surface area (TPSA) is 101 Å². The fraction of sp³-hybridized carbons (Fsp3) is 0.583. The van der Waals surface area contributed by atoms with Crippen molar-refractivity contribution >= 4 is 5.97 Å². The molecule has 0 rings (SSSR count). The normalized spacial score (nSPS) is 9.50. The molecule has 0 unspecified atom stereocenters. The number of rotatable bonds is 5. The Morgan fingerprint density at radius 1 is 1.11 bits per heavy atom. The molecule has 18 heavy (non-hydrogen) atoms. The van der Waals surface area contributed by atoms with Crippen molar-refractivity contribution < 1.29 is 25.2 Å². The van der Waals surface area contributed by atoms with Gasteiger partial charge in [0, 0.05) is 6.08 Å². The van der Waals surface area contributed by atoms with Crippen LogP contribution in [-0.2, 0) is 4.79 Å². The molecule has 0 atom stereocenters. The molecule has 0 bridgehead atoms. The Morgan fingerprint density at radius 3 is 1.33 bits per heavy atom. The van der Waals surface area contributed by atoms with Crippen molar-refractivity contribution in [2.45, 2.75) is 0 Å². The SMILES string of the molecule is C=CC(=O)O.C=CC(CO)(CO)CO.CN(C)C. The molecule has 0 aromatic rings. The Labute approximate surface area is 108 Å². The predicted octanol–water partition coefficient (Wildman–Crippen LogP) is -0.429. The van der Waals surface area contributed by atoms with Crippen LogP contribution in [0.25, 0.3) is 0 Å². The highest BCUT2D eigenvalue weighted by molar-refractivity contribution is 5.78. The number of hydrogen-bond donors (Lipinski definition) is 4. The van der Waals surface area contributed by atoms with E-state index in [4.69, 9.17) is 20.4 Å². The molecular formula is C12H25NO5. The van der Waals surface area contributed by atoms with E-state index in [1.807, 2.05) is 26.0 Å². The minimum atomic E-state index is -0.981. The summed E-state index contributed by atoms with van der Waals surface area (Å²) >= 11 is 0. The van der Waals surface area contributed by atoms with Gasteiger partial charge in [0.15, 0.2) is 0 Å². The van der Waals surface area contributed by atoms with E-state index in [0.29, 0.717) is 0 Å². The third-order valence-corrected chi connectivity index (χ3v) is 1.55. The van der Waals surface area contributed by atoms with Crippen molar-refractivity contribution in [3.8, 4) is 0 Å². The Kier molecular flexibility index (Phi) is 16.9. The lowest BCUT2D eigenvalue weighted by molar-refractivity contribution is -0.131. The van der Waals surface area contributed by atoms with Crippen LogP contribution in [0.1, 0.15) is 0 Å². The molecule has 108 valence electrons. The lowest BCUT2D eigenvalue weighted by atomic mass is 9.92. The van der Waals surface area contributed by atoms with Crippen molar-refractivity contribution in [2.24, 2.45) is 5.41 Å². The fourth-order valence-corrected chi connectivity index (χ4v) is 0.344. The first-order chi connectivity index (χ1) is 8.24. The molecule has 6 nitrogen and oxygen atoms in total. The second-order valence-corrected chi connectivity index (χ2v) is 3.92.